The minimum Gasteiger partial charge on any atom is -0.508 e. The summed E-state index contributed by atoms with van der Waals surface area (Å²) in [5.74, 6) is 0.202. The van der Waals surface area contributed by atoms with Crippen LogP contribution in [0, 0.1) is 0 Å². The van der Waals surface area contributed by atoms with E-state index in [1.54, 1.807) is 36.5 Å². The smallest absolute Gasteiger partial charge is 0.245 e. The van der Waals surface area contributed by atoms with E-state index >= 15 is 0 Å². The third-order valence-electron chi connectivity index (χ3n) is 3.96. The highest BCUT2D eigenvalue weighted by molar-refractivity contribution is 5.83. The lowest BCUT2D eigenvalue weighted by atomic mass is 10.2. The zero-order chi connectivity index (χ0) is 16.4. The number of rotatable bonds is 4. The summed E-state index contributed by atoms with van der Waals surface area (Å²) in [6.45, 7) is 2.32. The van der Waals surface area contributed by atoms with E-state index in [4.69, 9.17) is 0 Å². The molecule has 3 aromatic rings. The van der Waals surface area contributed by atoms with Crippen molar-refractivity contribution >= 4 is 16.9 Å². The van der Waals surface area contributed by atoms with Gasteiger partial charge in [0.15, 0.2) is 0 Å². The zero-order valence-electron chi connectivity index (χ0n) is 13.2. The van der Waals surface area contributed by atoms with Crippen LogP contribution in [0.25, 0.3) is 11.0 Å². The van der Waals surface area contributed by atoms with E-state index in [-0.39, 0.29) is 17.7 Å². The molecule has 0 aliphatic heterocycles. The van der Waals surface area contributed by atoms with E-state index < -0.39 is 0 Å². The first kappa shape index (κ1) is 15.1. The van der Waals surface area contributed by atoms with E-state index in [1.165, 1.54) is 0 Å². The van der Waals surface area contributed by atoms with Crippen LogP contribution in [0.4, 0.5) is 0 Å². The number of likely N-dealkylation sites (N-methyl/N-ethyl adjacent to an activating group) is 1. The third-order valence-corrected chi connectivity index (χ3v) is 3.96. The lowest BCUT2D eigenvalue weighted by Crippen LogP contribution is -2.32. The van der Waals surface area contributed by atoms with Gasteiger partial charge < -0.3 is 14.6 Å². The van der Waals surface area contributed by atoms with Gasteiger partial charge in [0, 0.05) is 13.6 Å². The molecule has 0 bridgehead atoms. The predicted octanol–water partition coefficient (Wildman–Crippen LogP) is 2.96. The van der Waals surface area contributed by atoms with Crippen LogP contribution in [0.1, 0.15) is 18.5 Å². The third kappa shape index (κ3) is 3.04. The molecule has 1 heterocycles. The van der Waals surface area contributed by atoms with Crippen molar-refractivity contribution in [2.75, 3.05) is 7.05 Å². The predicted molar refractivity (Wildman–Crippen MR) is 89.0 cm³/mol. The van der Waals surface area contributed by atoms with E-state index in [2.05, 4.69) is 4.98 Å². The van der Waals surface area contributed by atoms with Crippen molar-refractivity contribution in [3.63, 3.8) is 0 Å². The maximum absolute atomic E-state index is 12.7. The van der Waals surface area contributed by atoms with Crippen molar-refractivity contribution in [1.82, 2.24) is 14.5 Å². The fraction of sp³-hybridized carbons (Fsp3) is 0.222. The molecule has 0 fully saturated rings. The van der Waals surface area contributed by atoms with Crippen molar-refractivity contribution in [2.45, 2.75) is 19.5 Å². The molecular formula is C18H19N3O2. The highest BCUT2D eigenvalue weighted by atomic mass is 16.3. The van der Waals surface area contributed by atoms with Crippen LogP contribution in [-0.4, -0.2) is 32.5 Å². The Morgan fingerprint density at radius 3 is 2.83 bits per heavy atom. The molecule has 5 heteroatoms. The Morgan fingerprint density at radius 1 is 1.26 bits per heavy atom. The van der Waals surface area contributed by atoms with E-state index in [0.29, 0.717) is 6.54 Å². The van der Waals surface area contributed by atoms with E-state index in [9.17, 15) is 9.90 Å². The van der Waals surface area contributed by atoms with Crippen molar-refractivity contribution in [1.29, 1.82) is 0 Å². The minimum absolute atomic E-state index is 0.00324. The SMILES string of the molecule is C[C@@H](C(=O)N(C)Cc1cccc(O)c1)n1cnc2ccccc21. The first-order valence-corrected chi connectivity index (χ1v) is 7.50. The number of amides is 1. The fourth-order valence-electron chi connectivity index (χ4n) is 2.73. The molecule has 3 rings (SSSR count). The van der Waals surface area contributed by atoms with Gasteiger partial charge in [0.2, 0.25) is 5.91 Å². The Bertz CT molecular complexity index is 841. The number of aromatic nitrogens is 2. The van der Waals surface area contributed by atoms with Crippen LogP contribution in [0.5, 0.6) is 5.75 Å². The van der Waals surface area contributed by atoms with Crippen LogP contribution in [0.2, 0.25) is 0 Å². The summed E-state index contributed by atoms with van der Waals surface area (Å²) >= 11 is 0. The number of hydrogen-bond donors (Lipinski definition) is 1. The Morgan fingerprint density at radius 2 is 2.04 bits per heavy atom. The monoisotopic (exact) mass is 309 g/mol. The number of phenolic OH excluding ortho intramolecular Hbond substituents is 1. The second kappa shape index (κ2) is 6.12. The Kier molecular flexibility index (Phi) is 4.02. The second-order valence-electron chi connectivity index (χ2n) is 5.68. The molecule has 0 unspecified atom stereocenters. The minimum atomic E-state index is -0.343. The first-order chi connectivity index (χ1) is 11.1. The van der Waals surface area contributed by atoms with Gasteiger partial charge in [-0.3, -0.25) is 4.79 Å². The number of nitrogens with zero attached hydrogens (tertiary/aromatic N) is 3. The van der Waals surface area contributed by atoms with Gasteiger partial charge >= 0.3 is 0 Å². The number of carbonyl (C=O) groups is 1. The van der Waals surface area contributed by atoms with Gasteiger partial charge in [-0.15, -0.1) is 0 Å². The average molecular weight is 309 g/mol. The number of para-hydroxylation sites is 2. The molecule has 1 amide bonds. The van der Waals surface area contributed by atoms with Crippen LogP contribution in [0.15, 0.2) is 54.9 Å². The molecule has 1 aromatic heterocycles. The number of imidazole rings is 1. The van der Waals surface area contributed by atoms with Crippen LogP contribution >= 0.6 is 0 Å². The maximum atomic E-state index is 12.7. The summed E-state index contributed by atoms with van der Waals surface area (Å²) in [7, 11) is 1.77. The number of benzene rings is 2. The van der Waals surface area contributed by atoms with Gasteiger partial charge in [-0.25, -0.2) is 4.98 Å². The molecule has 0 aliphatic rings. The summed E-state index contributed by atoms with van der Waals surface area (Å²) in [5, 5.41) is 9.53. The van der Waals surface area contributed by atoms with Crippen molar-refractivity contribution in [2.24, 2.45) is 0 Å². The average Bonchev–Trinajstić information content (AvgIpc) is 2.97. The summed E-state index contributed by atoms with van der Waals surface area (Å²) in [6.07, 6.45) is 1.70. The van der Waals surface area contributed by atoms with Crippen molar-refractivity contribution in [3.05, 3.63) is 60.4 Å². The molecule has 0 radical (unpaired) electrons. The van der Waals surface area contributed by atoms with E-state index in [0.717, 1.165) is 16.6 Å². The van der Waals surface area contributed by atoms with E-state index in [1.807, 2.05) is 41.8 Å². The summed E-state index contributed by atoms with van der Waals surface area (Å²) < 4.78 is 1.89. The number of phenols is 1. The van der Waals surface area contributed by atoms with Crippen LogP contribution < -0.4 is 0 Å². The van der Waals surface area contributed by atoms with Gasteiger partial charge in [0.1, 0.15) is 11.8 Å². The summed E-state index contributed by atoms with van der Waals surface area (Å²) in [4.78, 5) is 18.7. The summed E-state index contributed by atoms with van der Waals surface area (Å²) in [6, 6.07) is 14.4. The quantitative estimate of drug-likeness (QED) is 0.806. The Balaban J connectivity index is 1.79. The lowest BCUT2D eigenvalue weighted by Gasteiger charge is -2.22. The standard InChI is InChI=1S/C18H19N3O2/c1-13(21-12-19-16-8-3-4-9-17(16)21)18(23)20(2)11-14-6-5-7-15(22)10-14/h3-10,12-13,22H,11H2,1-2H3/t13-/m0/s1. The molecule has 2 aromatic carbocycles. The van der Waals surface area contributed by atoms with Crippen LogP contribution in [0.3, 0.4) is 0 Å². The highest BCUT2D eigenvalue weighted by Crippen LogP contribution is 2.20. The van der Waals surface area contributed by atoms with Gasteiger partial charge in [0.25, 0.3) is 0 Å². The molecule has 1 N–H and O–H groups in total. The molecular weight excluding hydrogens is 290 g/mol. The lowest BCUT2D eigenvalue weighted by molar-refractivity contribution is -0.133. The number of hydrogen-bond acceptors (Lipinski definition) is 3. The number of carbonyl (C=O) groups excluding carboxylic acids is 1. The molecule has 0 spiro atoms. The molecule has 5 nitrogen and oxygen atoms in total. The number of fused-ring (bicyclic) bond motifs is 1. The van der Waals surface area contributed by atoms with Gasteiger partial charge in [0.05, 0.1) is 17.4 Å². The fourth-order valence-corrected chi connectivity index (χ4v) is 2.73. The van der Waals surface area contributed by atoms with Crippen LogP contribution in [-0.2, 0) is 11.3 Å². The Labute approximate surface area is 134 Å². The van der Waals surface area contributed by atoms with Gasteiger partial charge in [-0.2, -0.15) is 0 Å². The molecule has 0 saturated heterocycles. The number of aromatic hydroxyl groups is 1. The topological polar surface area (TPSA) is 58.4 Å². The zero-order valence-corrected chi connectivity index (χ0v) is 13.2. The normalized spacial score (nSPS) is 12.3. The highest BCUT2D eigenvalue weighted by Gasteiger charge is 2.20. The second-order valence-corrected chi connectivity index (χ2v) is 5.68. The van der Waals surface area contributed by atoms with Crippen molar-refractivity contribution < 1.29 is 9.90 Å². The van der Waals surface area contributed by atoms with Crippen molar-refractivity contribution in [3.8, 4) is 5.75 Å². The molecule has 23 heavy (non-hydrogen) atoms. The molecule has 1 atom stereocenters. The first-order valence-electron chi connectivity index (χ1n) is 7.50. The maximum Gasteiger partial charge on any atom is 0.245 e. The largest absolute Gasteiger partial charge is 0.508 e. The molecule has 0 aliphatic carbocycles. The van der Waals surface area contributed by atoms with Gasteiger partial charge in [-0.05, 0) is 36.8 Å². The molecule has 0 saturated carbocycles. The summed E-state index contributed by atoms with van der Waals surface area (Å²) in [5.41, 5.74) is 2.71. The van der Waals surface area contributed by atoms with Gasteiger partial charge in [-0.1, -0.05) is 24.3 Å². The Hall–Kier alpha value is -2.82. The molecule has 118 valence electrons.